The summed E-state index contributed by atoms with van der Waals surface area (Å²) in [5.41, 5.74) is 2.97. The molecule has 0 bridgehead atoms. The second-order valence-corrected chi connectivity index (χ2v) is 5.35. The number of rotatable bonds is 5. The highest BCUT2D eigenvalue weighted by atomic mass is 16.5. The van der Waals surface area contributed by atoms with Crippen molar-refractivity contribution in [2.75, 3.05) is 13.7 Å². The normalized spacial score (nSPS) is 17.8. The lowest BCUT2D eigenvalue weighted by Gasteiger charge is -2.34. The van der Waals surface area contributed by atoms with E-state index in [1.54, 1.807) is 27.0 Å². The highest BCUT2D eigenvalue weighted by Gasteiger charge is 2.35. The number of hydrogen-bond donors (Lipinski definition) is 1. The van der Waals surface area contributed by atoms with Gasteiger partial charge in [0.25, 0.3) is 0 Å². The van der Waals surface area contributed by atoms with Crippen molar-refractivity contribution in [1.82, 2.24) is 10.2 Å². The predicted molar refractivity (Wildman–Crippen MR) is 88.7 cm³/mol. The zero-order valence-electron chi connectivity index (χ0n) is 13.8. The number of carbonyl (C=O) groups is 2. The van der Waals surface area contributed by atoms with Gasteiger partial charge in [-0.1, -0.05) is 30.3 Å². The highest BCUT2D eigenvalue weighted by molar-refractivity contribution is 5.95. The second-order valence-electron chi connectivity index (χ2n) is 5.35. The number of nitrogens with zero attached hydrogens (tertiary/aromatic N) is 1. The molecule has 1 N–H and O–H groups in total. The Hall–Kier alpha value is -2.56. The van der Waals surface area contributed by atoms with Crippen LogP contribution < -0.4 is 5.32 Å². The summed E-state index contributed by atoms with van der Waals surface area (Å²) in [7, 11) is 1.63. The zero-order chi connectivity index (χ0) is 17.0. The Balaban J connectivity index is 2.56. The summed E-state index contributed by atoms with van der Waals surface area (Å²) in [4.78, 5) is 26.1. The van der Waals surface area contributed by atoms with Crippen molar-refractivity contribution in [2.45, 2.75) is 26.3 Å². The number of benzene rings is 1. The van der Waals surface area contributed by atoms with Crippen LogP contribution in [0.3, 0.4) is 0 Å². The molecular weight excluding hydrogens is 292 g/mol. The van der Waals surface area contributed by atoms with Crippen LogP contribution in [0.1, 0.15) is 31.0 Å². The lowest BCUT2D eigenvalue weighted by Crippen LogP contribution is -2.46. The van der Waals surface area contributed by atoms with Crippen LogP contribution in [0.4, 0.5) is 4.79 Å². The van der Waals surface area contributed by atoms with Gasteiger partial charge in [-0.05, 0) is 31.4 Å². The summed E-state index contributed by atoms with van der Waals surface area (Å²) in [6.07, 6.45) is 2.46. The van der Waals surface area contributed by atoms with Crippen molar-refractivity contribution in [1.29, 1.82) is 0 Å². The Morgan fingerprint density at radius 3 is 2.78 bits per heavy atom. The fourth-order valence-corrected chi connectivity index (χ4v) is 2.70. The molecule has 5 heteroatoms. The molecule has 1 aliphatic heterocycles. The molecule has 23 heavy (non-hydrogen) atoms. The molecule has 0 spiro atoms. The van der Waals surface area contributed by atoms with E-state index in [4.69, 9.17) is 4.74 Å². The molecule has 1 unspecified atom stereocenters. The van der Waals surface area contributed by atoms with Gasteiger partial charge in [0.2, 0.25) is 0 Å². The number of nitrogens with one attached hydrogen (secondary N) is 1. The van der Waals surface area contributed by atoms with Gasteiger partial charge in [-0.25, -0.2) is 9.59 Å². The van der Waals surface area contributed by atoms with E-state index in [1.165, 1.54) is 4.90 Å². The largest absolute Gasteiger partial charge is 0.463 e. The van der Waals surface area contributed by atoms with Gasteiger partial charge in [0.15, 0.2) is 0 Å². The van der Waals surface area contributed by atoms with Gasteiger partial charge in [0, 0.05) is 12.7 Å². The number of amides is 2. The zero-order valence-corrected chi connectivity index (χ0v) is 13.8. The van der Waals surface area contributed by atoms with Crippen LogP contribution >= 0.6 is 0 Å². The fraction of sp³-hybridized carbons (Fsp3) is 0.333. The first-order valence-electron chi connectivity index (χ1n) is 7.62. The minimum Gasteiger partial charge on any atom is -0.463 e. The third-order valence-electron chi connectivity index (χ3n) is 3.98. The Morgan fingerprint density at radius 1 is 1.43 bits per heavy atom. The minimum atomic E-state index is -0.520. The van der Waals surface area contributed by atoms with Gasteiger partial charge in [0.1, 0.15) is 0 Å². The minimum absolute atomic E-state index is 0.242. The fourth-order valence-electron chi connectivity index (χ4n) is 2.70. The van der Waals surface area contributed by atoms with Crippen molar-refractivity contribution in [2.24, 2.45) is 0 Å². The van der Waals surface area contributed by atoms with Crippen molar-refractivity contribution in [3.8, 4) is 0 Å². The van der Waals surface area contributed by atoms with E-state index in [9.17, 15) is 9.59 Å². The highest BCUT2D eigenvalue weighted by Crippen LogP contribution is 2.32. The Kier molecular flexibility index (Phi) is 5.21. The van der Waals surface area contributed by atoms with Gasteiger partial charge in [-0.15, -0.1) is 6.58 Å². The molecule has 0 aliphatic carbocycles. The van der Waals surface area contributed by atoms with Crippen LogP contribution in [0.2, 0.25) is 0 Å². The SMILES string of the molecule is C=CCc1ccccc1C1NC(=O)N(C)C(C)=C1C(=O)OCC. The molecule has 0 radical (unpaired) electrons. The molecule has 2 rings (SSSR count). The summed E-state index contributed by atoms with van der Waals surface area (Å²) in [6, 6.07) is 6.95. The number of hydrogen-bond acceptors (Lipinski definition) is 3. The van der Waals surface area contributed by atoms with Gasteiger partial charge in [-0.3, -0.25) is 0 Å². The second kappa shape index (κ2) is 7.13. The number of carbonyl (C=O) groups excluding carboxylic acids is 2. The first-order valence-corrected chi connectivity index (χ1v) is 7.62. The molecule has 1 atom stereocenters. The van der Waals surface area contributed by atoms with E-state index in [2.05, 4.69) is 11.9 Å². The standard InChI is InChI=1S/C18H22N2O3/c1-5-9-13-10-7-8-11-14(13)16-15(17(21)23-6-2)12(3)20(4)18(22)19-16/h5,7-8,10-11,16H,1,6,9H2,2-4H3,(H,19,22). The summed E-state index contributed by atoms with van der Waals surface area (Å²) in [5, 5.41) is 2.90. The van der Waals surface area contributed by atoms with E-state index < -0.39 is 12.0 Å². The molecule has 0 fully saturated rings. The van der Waals surface area contributed by atoms with E-state index in [1.807, 2.05) is 24.3 Å². The molecule has 5 nitrogen and oxygen atoms in total. The third kappa shape index (κ3) is 3.28. The van der Waals surface area contributed by atoms with Crippen LogP contribution in [0.5, 0.6) is 0 Å². The smallest absolute Gasteiger partial charge is 0.338 e. The molecule has 1 heterocycles. The summed E-state index contributed by atoms with van der Waals surface area (Å²) < 4.78 is 5.19. The monoisotopic (exact) mass is 314 g/mol. The molecular formula is C18H22N2O3. The Labute approximate surface area is 136 Å². The van der Waals surface area contributed by atoms with Gasteiger partial charge < -0.3 is 15.0 Å². The quantitative estimate of drug-likeness (QED) is 0.671. The maximum absolute atomic E-state index is 12.4. The van der Waals surface area contributed by atoms with Crippen LogP contribution in [0, 0.1) is 0 Å². The lowest BCUT2D eigenvalue weighted by molar-refractivity contribution is -0.139. The summed E-state index contributed by atoms with van der Waals surface area (Å²) in [6.45, 7) is 7.58. The van der Waals surface area contributed by atoms with Crippen LogP contribution in [0.15, 0.2) is 48.2 Å². The third-order valence-corrected chi connectivity index (χ3v) is 3.98. The average molecular weight is 314 g/mol. The van der Waals surface area contributed by atoms with Crippen molar-refractivity contribution in [3.05, 3.63) is 59.3 Å². The van der Waals surface area contributed by atoms with Crippen molar-refractivity contribution in [3.63, 3.8) is 0 Å². The Bertz CT molecular complexity index is 664. The summed E-state index contributed by atoms with van der Waals surface area (Å²) in [5.74, 6) is -0.407. The molecule has 1 aliphatic rings. The number of esters is 1. The molecule has 0 aromatic heterocycles. The number of allylic oxidation sites excluding steroid dienone is 2. The first kappa shape index (κ1) is 16.8. The van der Waals surface area contributed by atoms with Crippen molar-refractivity contribution < 1.29 is 14.3 Å². The Morgan fingerprint density at radius 2 is 2.13 bits per heavy atom. The van der Waals surface area contributed by atoms with Crippen LogP contribution in [-0.2, 0) is 16.0 Å². The number of urea groups is 1. The van der Waals surface area contributed by atoms with Gasteiger partial charge in [-0.2, -0.15) is 0 Å². The summed E-state index contributed by atoms with van der Waals surface area (Å²) >= 11 is 0. The van der Waals surface area contributed by atoms with E-state index in [0.29, 0.717) is 17.7 Å². The van der Waals surface area contributed by atoms with Gasteiger partial charge >= 0.3 is 12.0 Å². The maximum Gasteiger partial charge on any atom is 0.338 e. The van der Waals surface area contributed by atoms with E-state index in [-0.39, 0.29) is 12.6 Å². The van der Waals surface area contributed by atoms with Crippen LogP contribution in [-0.4, -0.2) is 30.6 Å². The molecule has 2 amide bonds. The van der Waals surface area contributed by atoms with E-state index >= 15 is 0 Å². The molecule has 0 saturated carbocycles. The topological polar surface area (TPSA) is 58.6 Å². The molecule has 122 valence electrons. The maximum atomic E-state index is 12.4. The van der Waals surface area contributed by atoms with Gasteiger partial charge in [0.05, 0.1) is 18.2 Å². The molecule has 0 saturated heterocycles. The lowest BCUT2D eigenvalue weighted by atomic mass is 9.90. The van der Waals surface area contributed by atoms with Crippen molar-refractivity contribution >= 4 is 12.0 Å². The molecule has 1 aromatic carbocycles. The number of ether oxygens (including phenoxy) is 1. The van der Waals surface area contributed by atoms with Crippen LogP contribution in [0.25, 0.3) is 0 Å². The van der Waals surface area contributed by atoms with E-state index in [0.717, 1.165) is 11.1 Å². The average Bonchev–Trinajstić information content (AvgIpc) is 2.53. The molecule has 1 aromatic rings. The predicted octanol–water partition coefficient (Wildman–Crippen LogP) is 2.95. The first-order chi connectivity index (χ1) is 11.0.